The highest BCUT2D eigenvalue weighted by molar-refractivity contribution is 5.86. The van der Waals surface area contributed by atoms with E-state index in [-0.39, 0.29) is 33.1 Å². The van der Waals surface area contributed by atoms with E-state index in [1.165, 1.54) is 55.6 Å². The number of rotatable bonds is 6. The quantitative estimate of drug-likeness (QED) is 0.156. The largest absolute Gasteiger partial charge is 0.0776 e. The lowest BCUT2D eigenvalue weighted by Gasteiger charge is -2.33. The third kappa shape index (κ3) is 17.8. The number of hydrogen-bond donors (Lipinski definition) is 0. The van der Waals surface area contributed by atoms with Crippen LogP contribution in [0.4, 0.5) is 0 Å². The molecule has 0 radical (unpaired) electrons. The van der Waals surface area contributed by atoms with Gasteiger partial charge in [-0.05, 0) is 62.1 Å². The van der Waals surface area contributed by atoms with Crippen LogP contribution in [0.2, 0.25) is 0 Å². The van der Waals surface area contributed by atoms with Crippen molar-refractivity contribution in [2.24, 2.45) is 0 Å². The normalized spacial score (nSPS) is 10.0. The maximum atomic E-state index is 2.29. The van der Waals surface area contributed by atoms with Crippen molar-refractivity contribution in [1.82, 2.24) is 0 Å². The van der Waals surface area contributed by atoms with E-state index in [2.05, 4.69) is 244 Å². The number of hydrogen-bond acceptors (Lipinski definition) is 0. The van der Waals surface area contributed by atoms with Crippen molar-refractivity contribution in [3.63, 3.8) is 0 Å². The molecule has 0 unspecified atom stereocenters. The lowest BCUT2D eigenvalue weighted by molar-refractivity contribution is 0.641. The molecule has 0 N–H and O–H groups in total. The van der Waals surface area contributed by atoms with Gasteiger partial charge in [-0.3, -0.25) is 0 Å². The van der Waals surface area contributed by atoms with Crippen LogP contribution < -0.4 is 0 Å². The molecule has 8 aromatic carbocycles. The van der Waals surface area contributed by atoms with Crippen molar-refractivity contribution in [3.8, 4) is 11.1 Å². The van der Waals surface area contributed by atoms with Crippen LogP contribution in [0.25, 0.3) is 11.1 Å². The second-order valence-corrected chi connectivity index (χ2v) is 14.1. The first-order valence-electron chi connectivity index (χ1n) is 24.6. The Kier molecular flexibility index (Phi) is 37.7. The van der Waals surface area contributed by atoms with Gasteiger partial charge in [0.25, 0.3) is 0 Å². The highest BCUT2D eigenvalue weighted by Gasteiger charge is 2.45. The van der Waals surface area contributed by atoms with Gasteiger partial charge in [0.05, 0.1) is 5.41 Å². The predicted octanol–water partition coefficient (Wildman–Crippen LogP) is 21.4. The monoisotopic (exact) mass is 911 g/mol. The zero-order valence-corrected chi connectivity index (χ0v) is 42.6. The molecule has 0 atom stereocenters. The van der Waals surface area contributed by atoms with E-state index >= 15 is 0 Å². The number of fused-ring (bicyclic) bond motifs is 3. The molecule has 0 aromatic heterocycles. The van der Waals surface area contributed by atoms with Crippen molar-refractivity contribution in [2.45, 2.75) is 136 Å². The molecule has 9 rings (SSSR count). The molecule has 0 heterocycles. The molecule has 0 spiro atoms. The molecule has 0 aliphatic heterocycles. The van der Waals surface area contributed by atoms with Gasteiger partial charge in [-0.15, -0.1) is 0 Å². The van der Waals surface area contributed by atoms with Crippen LogP contribution in [-0.4, -0.2) is 0 Å². The third-order valence-electron chi connectivity index (χ3n) is 10.5. The van der Waals surface area contributed by atoms with Gasteiger partial charge in [0.2, 0.25) is 0 Å². The Morgan fingerprint density at radius 1 is 0.279 bits per heavy atom. The second-order valence-electron chi connectivity index (χ2n) is 14.1. The van der Waals surface area contributed by atoms with E-state index in [0.717, 1.165) is 6.42 Å². The molecule has 366 valence electrons. The standard InChI is InChI=1S/C25H18.C15H16.C13H12.6C2H6.3CH4/c1-3-11-19(12-4-1)25(20-13-5-2-6-14-20)23-17-9-7-15-21(23)22-16-8-10-18-24(22)25;1-15(2,13-9-5-3-6-10-13)14-11-7-4-8-12-14;1-3-7-12(8-4-1)11-13-9-5-2-6-10-13;6*1-2;;;/h1-18H;3-12H,1-2H3;1-10H,11H2;6*1-2H3;3*1H4. The zero-order valence-electron chi connectivity index (χ0n) is 42.6. The Morgan fingerprint density at radius 3 is 0.779 bits per heavy atom. The Balaban J connectivity index is -0.000000859. The Bertz CT molecular complexity index is 2130. The van der Waals surface area contributed by atoms with Crippen molar-refractivity contribution in [1.29, 1.82) is 0 Å². The molecular formula is C68H94. The van der Waals surface area contributed by atoms with Gasteiger partial charge in [0.15, 0.2) is 0 Å². The third-order valence-corrected chi connectivity index (χ3v) is 10.5. The van der Waals surface area contributed by atoms with E-state index < -0.39 is 0 Å². The molecule has 0 bridgehead atoms. The van der Waals surface area contributed by atoms with Crippen LogP contribution in [-0.2, 0) is 17.3 Å². The first-order valence-corrected chi connectivity index (χ1v) is 24.6. The van der Waals surface area contributed by atoms with Crippen LogP contribution in [0.3, 0.4) is 0 Å². The van der Waals surface area contributed by atoms with Crippen LogP contribution in [0.15, 0.2) is 231 Å². The fourth-order valence-corrected chi connectivity index (χ4v) is 7.70. The summed E-state index contributed by atoms with van der Waals surface area (Å²) in [4.78, 5) is 0. The topological polar surface area (TPSA) is 0 Å². The average molecular weight is 912 g/mol. The van der Waals surface area contributed by atoms with Gasteiger partial charge in [-0.1, -0.05) is 350 Å². The van der Waals surface area contributed by atoms with E-state index in [0.29, 0.717) is 0 Å². The first kappa shape index (κ1) is 66.0. The Hall–Kier alpha value is -6.24. The maximum absolute atomic E-state index is 2.29. The summed E-state index contributed by atoms with van der Waals surface area (Å²) in [6.45, 7) is 28.5. The number of benzene rings is 8. The molecule has 0 fully saturated rings. The summed E-state index contributed by atoms with van der Waals surface area (Å²) in [5.41, 5.74) is 13.3. The Morgan fingerprint density at radius 2 is 0.500 bits per heavy atom. The molecule has 0 amide bonds. The average Bonchev–Trinajstić information content (AvgIpc) is 3.73. The van der Waals surface area contributed by atoms with E-state index in [4.69, 9.17) is 0 Å². The summed E-state index contributed by atoms with van der Waals surface area (Å²) in [5.74, 6) is 0. The fourth-order valence-electron chi connectivity index (χ4n) is 7.70. The highest BCUT2D eigenvalue weighted by atomic mass is 14.5. The van der Waals surface area contributed by atoms with E-state index in [9.17, 15) is 0 Å². The highest BCUT2D eigenvalue weighted by Crippen LogP contribution is 2.55. The van der Waals surface area contributed by atoms with Crippen molar-refractivity contribution >= 4 is 0 Å². The maximum Gasteiger partial charge on any atom is 0.0713 e. The molecule has 0 saturated carbocycles. The summed E-state index contributed by atoms with van der Waals surface area (Å²) in [6, 6.07) is 81.8. The summed E-state index contributed by atoms with van der Waals surface area (Å²) >= 11 is 0. The van der Waals surface area contributed by atoms with Gasteiger partial charge in [-0.25, -0.2) is 0 Å². The zero-order chi connectivity index (χ0) is 48.4. The molecule has 68 heavy (non-hydrogen) atoms. The first-order chi connectivity index (χ1) is 32.1. The minimum atomic E-state index is -0.254. The molecule has 8 aromatic rings. The molecular weight excluding hydrogens is 817 g/mol. The fraction of sp³-hybridized carbons (Fsp3) is 0.294. The van der Waals surface area contributed by atoms with Crippen LogP contribution in [0.1, 0.15) is 164 Å². The molecule has 0 nitrogen and oxygen atoms in total. The van der Waals surface area contributed by atoms with Crippen molar-refractivity contribution in [2.75, 3.05) is 0 Å². The van der Waals surface area contributed by atoms with Crippen LogP contribution in [0, 0.1) is 0 Å². The second kappa shape index (κ2) is 38.8. The van der Waals surface area contributed by atoms with Crippen molar-refractivity contribution < 1.29 is 0 Å². The smallest absolute Gasteiger partial charge is 0.0713 e. The minimum Gasteiger partial charge on any atom is -0.0776 e. The lowest BCUT2D eigenvalue weighted by atomic mass is 9.68. The Labute approximate surface area is 420 Å². The molecule has 0 saturated heterocycles. The summed E-state index contributed by atoms with van der Waals surface area (Å²) in [6.07, 6.45) is 1.03. The van der Waals surface area contributed by atoms with Crippen molar-refractivity contribution in [3.05, 3.63) is 275 Å². The van der Waals surface area contributed by atoms with E-state index in [1.54, 1.807) is 0 Å². The van der Waals surface area contributed by atoms with Crippen LogP contribution in [0.5, 0.6) is 0 Å². The van der Waals surface area contributed by atoms with E-state index in [1.807, 2.05) is 83.1 Å². The molecule has 1 aliphatic rings. The predicted molar refractivity (Wildman–Crippen MR) is 313 cm³/mol. The van der Waals surface area contributed by atoms with Gasteiger partial charge in [0, 0.05) is 5.41 Å². The lowest BCUT2D eigenvalue weighted by Crippen LogP contribution is -2.28. The van der Waals surface area contributed by atoms with Crippen LogP contribution >= 0.6 is 0 Å². The van der Waals surface area contributed by atoms with Gasteiger partial charge >= 0.3 is 0 Å². The SMILES string of the molecule is C.C.C.CC.CC.CC.CC.CC.CC.CC(C)(c1ccccc1)c1ccccc1.c1ccc(C2(c3ccccc3)c3ccccc3-c3ccccc32)cc1.c1ccc(Cc2ccccc2)cc1. The molecule has 1 aliphatic carbocycles. The summed E-state index contributed by atoms with van der Waals surface area (Å²) < 4.78 is 0. The minimum absolute atomic E-state index is 0. The molecule has 0 heteroatoms. The summed E-state index contributed by atoms with van der Waals surface area (Å²) in [5, 5.41) is 0. The van der Waals surface area contributed by atoms with Gasteiger partial charge in [0.1, 0.15) is 0 Å². The summed E-state index contributed by atoms with van der Waals surface area (Å²) in [7, 11) is 0. The van der Waals surface area contributed by atoms with Gasteiger partial charge < -0.3 is 0 Å². The van der Waals surface area contributed by atoms with Gasteiger partial charge in [-0.2, -0.15) is 0 Å².